The van der Waals surface area contributed by atoms with Crippen LogP contribution in [0.1, 0.15) is 46.5 Å². The Balaban J connectivity index is 2.00. The molecule has 2 fully saturated rings. The van der Waals surface area contributed by atoms with Crippen LogP contribution in [0.3, 0.4) is 0 Å². The fourth-order valence-corrected chi connectivity index (χ4v) is 3.79. The molecule has 1 saturated carbocycles. The lowest BCUT2D eigenvalue weighted by Crippen LogP contribution is -2.63. The zero-order valence-corrected chi connectivity index (χ0v) is 14.7. The topological polar surface area (TPSA) is 72.9 Å². The minimum atomic E-state index is -0.704. The minimum absolute atomic E-state index is 0.0799. The fourth-order valence-electron chi connectivity index (χ4n) is 3.79. The number of rotatable bonds is 4. The minimum Gasteiger partial charge on any atom is -0.392 e. The van der Waals surface area contributed by atoms with Crippen molar-refractivity contribution in [3.8, 4) is 0 Å². The molecule has 0 aromatic heterocycles. The van der Waals surface area contributed by atoms with E-state index in [1.54, 1.807) is 6.92 Å². The molecule has 2 rings (SSSR count). The Bertz CT molecular complexity index is 423. The predicted molar refractivity (Wildman–Crippen MR) is 88.9 cm³/mol. The van der Waals surface area contributed by atoms with E-state index in [0.29, 0.717) is 25.6 Å². The smallest absolute Gasteiger partial charge is 0.248 e. The average Bonchev–Trinajstić information content (AvgIpc) is 2.49. The van der Waals surface area contributed by atoms with E-state index >= 15 is 0 Å². The van der Waals surface area contributed by atoms with E-state index in [0.717, 1.165) is 38.8 Å². The van der Waals surface area contributed by atoms with Gasteiger partial charge in [0.15, 0.2) is 0 Å². The first-order valence-electron chi connectivity index (χ1n) is 8.81. The Morgan fingerprint density at radius 1 is 1.22 bits per heavy atom. The molecule has 132 valence electrons. The standard InChI is InChI=1S/C17H31N3O3/c1-13-4-6-17(7-5-13,18-15(3)22)16(23)20-10-8-19(9-11-20)12-14(2)21/h13-14,21H,4-12H2,1-3H3,(H,18,22)/t13?,14-,17?/m0/s1. The molecule has 0 radical (unpaired) electrons. The first kappa shape index (κ1) is 18.2. The summed E-state index contributed by atoms with van der Waals surface area (Å²) in [5, 5.41) is 12.5. The van der Waals surface area contributed by atoms with E-state index < -0.39 is 5.54 Å². The molecule has 1 aliphatic heterocycles. The summed E-state index contributed by atoms with van der Waals surface area (Å²) in [6.07, 6.45) is 3.09. The summed E-state index contributed by atoms with van der Waals surface area (Å²) < 4.78 is 0. The highest BCUT2D eigenvalue weighted by Gasteiger charge is 2.44. The van der Waals surface area contributed by atoms with Crippen molar-refractivity contribution in [1.82, 2.24) is 15.1 Å². The summed E-state index contributed by atoms with van der Waals surface area (Å²) in [4.78, 5) is 28.8. The zero-order chi connectivity index (χ0) is 17.0. The number of aliphatic hydroxyl groups excluding tert-OH is 1. The number of nitrogens with zero attached hydrogens (tertiary/aromatic N) is 2. The van der Waals surface area contributed by atoms with E-state index in [1.165, 1.54) is 6.92 Å². The third-order valence-corrected chi connectivity index (χ3v) is 5.13. The Kier molecular flexibility index (Phi) is 6.03. The first-order valence-corrected chi connectivity index (χ1v) is 8.81. The lowest BCUT2D eigenvalue weighted by Gasteiger charge is -2.44. The maximum Gasteiger partial charge on any atom is 0.248 e. The number of carbonyl (C=O) groups excluding carboxylic acids is 2. The van der Waals surface area contributed by atoms with Gasteiger partial charge in [-0.05, 0) is 38.5 Å². The molecular formula is C17H31N3O3. The molecule has 1 aliphatic carbocycles. The highest BCUT2D eigenvalue weighted by Crippen LogP contribution is 2.33. The maximum atomic E-state index is 13.1. The highest BCUT2D eigenvalue weighted by atomic mass is 16.3. The Hall–Kier alpha value is -1.14. The Morgan fingerprint density at radius 3 is 2.26 bits per heavy atom. The van der Waals surface area contributed by atoms with Gasteiger partial charge in [-0.1, -0.05) is 6.92 Å². The first-order chi connectivity index (χ1) is 10.8. The van der Waals surface area contributed by atoms with Crippen LogP contribution in [0.25, 0.3) is 0 Å². The van der Waals surface area contributed by atoms with E-state index in [1.807, 2.05) is 4.90 Å². The molecule has 0 unspecified atom stereocenters. The van der Waals surface area contributed by atoms with Crippen molar-refractivity contribution in [2.24, 2.45) is 5.92 Å². The Labute approximate surface area is 139 Å². The SMILES string of the molecule is CC(=O)NC1(C(=O)N2CCN(C[C@H](C)O)CC2)CCC(C)CC1. The molecule has 0 spiro atoms. The lowest BCUT2D eigenvalue weighted by molar-refractivity contribution is -0.145. The van der Waals surface area contributed by atoms with Crippen molar-refractivity contribution >= 4 is 11.8 Å². The van der Waals surface area contributed by atoms with Crippen LogP contribution < -0.4 is 5.32 Å². The van der Waals surface area contributed by atoms with Crippen molar-refractivity contribution in [2.75, 3.05) is 32.7 Å². The van der Waals surface area contributed by atoms with Crippen molar-refractivity contribution in [3.63, 3.8) is 0 Å². The molecular weight excluding hydrogens is 294 g/mol. The van der Waals surface area contributed by atoms with Gasteiger partial charge in [0.2, 0.25) is 11.8 Å². The molecule has 0 bridgehead atoms. The van der Waals surface area contributed by atoms with Gasteiger partial charge in [-0.2, -0.15) is 0 Å². The van der Waals surface area contributed by atoms with Gasteiger partial charge in [0.25, 0.3) is 0 Å². The molecule has 0 aromatic rings. The second-order valence-electron chi connectivity index (χ2n) is 7.39. The van der Waals surface area contributed by atoms with Crippen LogP contribution in [0.15, 0.2) is 0 Å². The summed E-state index contributed by atoms with van der Waals surface area (Å²) in [7, 11) is 0. The monoisotopic (exact) mass is 325 g/mol. The summed E-state index contributed by atoms with van der Waals surface area (Å²) in [5.41, 5.74) is -0.704. The molecule has 1 saturated heterocycles. The second kappa shape index (κ2) is 7.62. The molecule has 6 nitrogen and oxygen atoms in total. The largest absolute Gasteiger partial charge is 0.392 e. The predicted octanol–water partition coefficient (Wildman–Crippen LogP) is 0.596. The maximum absolute atomic E-state index is 13.1. The average molecular weight is 325 g/mol. The molecule has 1 atom stereocenters. The van der Waals surface area contributed by atoms with Crippen molar-refractivity contribution in [2.45, 2.75) is 58.1 Å². The molecule has 0 aromatic carbocycles. The third-order valence-electron chi connectivity index (χ3n) is 5.13. The fraction of sp³-hybridized carbons (Fsp3) is 0.882. The summed E-state index contributed by atoms with van der Waals surface area (Å²) in [5.74, 6) is 0.574. The summed E-state index contributed by atoms with van der Waals surface area (Å²) in [6.45, 7) is 9.03. The van der Waals surface area contributed by atoms with E-state index in [2.05, 4.69) is 17.1 Å². The third kappa shape index (κ3) is 4.67. The quantitative estimate of drug-likeness (QED) is 0.794. The number of amides is 2. The zero-order valence-electron chi connectivity index (χ0n) is 14.7. The van der Waals surface area contributed by atoms with Crippen LogP contribution in [0.4, 0.5) is 0 Å². The van der Waals surface area contributed by atoms with Crippen LogP contribution in [0.5, 0.6) is 0 Å². The van der Waals surface area contributed by atoms with Gasteiger partial charge in [-0.25, -0.2) is 0 Å². The summed E-state index contributed by atoms with van der Waals surface area (Å²) >= 11 is 0. The molecule has 2 N–H and O–H groups in total. The van der Waals surface area contributed by atoms with Gasteiger partial charge in [0.1, 0.15) is 5.54 Å². The molecule has 1 heterocycles. The number of hydrogen-bond donors (Lipinski definition) is 2. The van der Waals surface area contributed by atoms with Gasteiger partial charge in [-0.15, -0.1) is 0 Å². The van der Waals surface area contributed by atoms with Crippen LogP contribution in [0, 0.1) is 5.92 Å². The van der Waals surface area contributed by atoms with Gasteiger partial charge in [0.05, 0.1) is 6.10 Å². The number of β-amino-alcohol motifs (C(OH)–C–C–N with tert-alkyl or cyclic N) is 1. The normalized spacial score (nSPS) is 30.8. The van der Waals surface area contributed by atoms with E-state index in [9.17, 15) is 14.7 Å². The number of hydrogen-bond acceptors (Lipinski definition) is 4. The lowest BCUT2D eigenvalue weighted by atomic mass is 9.76. The highest BCUT2D eigenvalue weighted by molar-refractivity contribution is 5.91. The summed E-state index contributed by atoms with van der Waals surface area (Å²) in [6, 6.07) is 0. The van der Waals surface area contributed by atoms with Gasteiger partial charge in [0, 0.05) is 39.6 Å². The molecule has 23 heavy (non-hydrogen) atoms. The number of aliphatic hydroxyl groups is 1. The van der Waals surface area contributed by atoms with Crippen molar-refractivity contribution in [1.29, 1.82) is 0 Å². The second-order valence-corrected chi connectivity index (χ2v) is 7.39. The van der Waals surface area contributed by atoms with Crippen LogP contribution in [-0.2, 0) is 9.59 Å². The van der Waals surface area contributed by atoms with Gasteiger partial charge >= 0.3 is 0 Å². The van der Waals surface area contributed by atoms with Crippen LogP contribution in [0.2, 0.25) is 0 Å². The molecule has 2 aliphatic rings. The number of nitrogens with one attached hydrogen (secondary N) is 1. The van der Waals surface area contributed by atoms with Crippen LogP contribution >= 0.6 is 0 Å². The molecule has 2 amide bonds. The van der Waals surface area contributed by atoms with Crippen molar-refractivity contribution in [3.05, 3.63) is 0 Å². The van der Waals surface area contributed by atoms with Gasteiger partial charge in [-0.3, -0.25) is 14.5 Å². The van der Waals surface area contributed by atoms with Crippen LogP contribution in [-0.4, -0.2) is 71.1 Å². The molecule has 6 heteroatoms. The van der Waals surface area contributed by atoms with E-state index in [-0.39, 0.29) is 17.9 Å². The van der Waals surface area contributed by atoms with Gasteiger partial charge < -0.3 is 15.3 Å². The van der Waals surface area contributed by atoms with Crippen molar-refractivity contribution < 1.29 is 14.7 Å². The van der Waals surface area contributed by atoms with E-state index in [4.69, 9.17) is 0 Å². The number of carbonyl (C=O) groups is 2. The number of piperazine rings is 1. The Morgan fingerprint density at radius 2 is 1.78 bits per heavy atom.